The molecule has 0 atom stereocenters. The fourth-order valence-electron chi connectivity index (χ4n) is 1.78. The number of hydrogen-bond acceptors (Lipinski definition) is 2. The number of aromatic amines is 1. The molecule has 2 aromatic rings. The maximum atomic E-state index is 12.9. The molecule has 0 aliphatic rings. The Labute approximate surface area is 106 Å². The highest BCUT2D eigenvalue weighted by atomic mass is 19.4. The summed E-state index contributed by atoms with van der Waals surface area (Å²) in [5.41, 5.74) is -1.54. The number of nitrogens with one attached hydrogen (secondary N) is 1. The molecule has 0 bridgehead atoms. The normalized spacial score (nSPS) is 11.6. The lowest BCUT2D eigenvalue weighted by molar-refractivity contribution is -0.137. The number of halogens is 3. The van der Waals surface area contributed by atoms with Gasteiger partial charge in [0.1, 0.15) is 0 Å². The van der Waals surface area contributed by atoms with Crippen molar-refractivity contribution in [3.05, 3.63) is 58.0 Å². The number of pyridine rings is 1. The van der Waals surface area contributed by atoms with Crippen molar-refractivity contribution in [2.45, 2.75) is 12.8 Å². The van der Waals surface area contributed by atoms with Crippen molar-refractivity contribution in [2.24, 2.45) is 0 Å². The smallest absolute Gasteiger partial charge is 0.390 e. The van der Waals surface area contributed by atoms with Crippen LogP contribution in [0.1, 0.15) is 11.3 Å². The van der Waals surface area contributed by atoms with Gasteiger partial charge in [-0.25, -0.2) is 0 Å². The van der Waals surface area contributed by atoms with Gasteiger partial charge in [-0.3, -0.25) is 4.79 Å². The molecule has 2 N–H and O–H groups in total. The summed E-state index contributed by atoms with van der Waals surface area (Å²) < 4.78 is 38.6. The second-order valence-electron chi connectivity index (χ2n) is 3.93. The molecule has 1 aromatic carbocycles. The fraction of sp³-hybridized carbons (Fsp3) is 0.154. The van der Waals surface area contributed by atoms with Crippen molar-refractivity contribution >= 4 is 0 Å². The van der Waals surface area contributed by atoms with Crippen LogP contribution in [0.3, 0.4) is 0 Å². The first kappa shape index (κ1) is 13.4. The second kappa shape index (κ2) is 4.89. The first-order valence-corrected chi connectivity index (χ1v) is 5.43. The van der Waals surface area contributed by atoms with Crippen LogP contribution < -0.4 is 5.56 Å². The first-order chi connectivity index (χ1) is 8.93. The number of alkyl halides is 3. The lowest BCUT2D eigenvalue weighted by Gasteiger charge is -2.12. The molecule has 0 radical (unpaired) electrons. The number of H-pyrrole nitrogens is 1. The van der Waals surface area contributed by atoms with Crippen molar-refractivity contribution in [1.29, 1.82) is 0 Å². The molecule has 0 amide bonds. The van der Waals surface area contributed by atoms with E-state index in [-0.39, 0.29) is 23.4 Å². The van der Waals surface area contributed by atoms with Gasteiger partial charge in [0.25, 0.3) is 5.56 Å². The Hall–Kier alpha value is -2.08. The summed E-state index contributed by atoms with van der Waals surface area (Å²) in [5, 5.41) is 8.86. The van der Waals surface area contributed by atoms with E-state index < -0.39 is 17.3 Å². The summed E-state index contributed by atoms with van der Waals surface area (Å²) >= 11 is 0. The van der Waals surface area contributed by atoms with E-state index in [1.54, 1.807) is 0 Å². The van der Waals surface area contributed by atoms with E-state index in [0.29, 0.717) is 0 Å². The lowest BCUT2D eigenvalue weighted by atomic mass is 10.0. The highest BCUT2D eigenvalue weighted by Crippen LogP contribution is 2.35. The van der Waals surface area contributed by atoms with Crippen LogP contribution in [0.2, 0.25) is 0 Å². The van der Waals surface area contributed by atoms with Crippen molar-refractivity contribution in [1.82, 2.24) is 4.98 Å². The van der Waals surface area contributed by atoms with E-state index in [4.69, 9.17) is 5.11 Å². The first-order valence-electron chi connectivity index (χ1n) is 5.43. The Kier molecular flexibility index (Phi) is 3.44. The third-order valence-electron chi connectivity index (χ3n) is 2.66. The molecule has 0 unspecified atom stereocenters. The molecule has 100 valence electrons. The van der Waals surface area contributed by atoms with Gasteiger partial charge >= 0.3 is 6.18 Å². The Morgan fingerprint density at radius 1 is 1.05 bits per heavy atom. The van der Waals surface area contributed by atoms with Crippen LogP contribution in [-0.4, -0.2) is 10.1 Å². The molecule has 1 heterocycles. The van der Waals surface area contributed by atoms with Crippen LogP contribution in [0.25, 0.3) is 11.1 Å². The summed E-state index contributed by atoms with van der Waals surface area (Å²) in [4.78, 5) is 14.1. The minimum absolute atomic E-state index is 0.0786. The molecular weight excluding hydrogens is 259 g/mol. The van der Waals surface area contributed by atoms with E-state index in [9.17, 15) is 18.0 Å². The molecule has 2 rings (SSSR count). The number of hydrogen-bond donors (Lipinski definition) is 2. The Balaban J connectivity index is 2.63. The summed E-state index contributed by atoms with van der Waals surface area (Å²) in [6.45, 7) is -0.379. The number of aliphatic hydroxyl groups excluding tert-OH is 1. The van der Waals surface area contributed by atoms with Crippen molar-refractivity contribution < 1.29 is 18.3 Å². The van der Waals surface area contributed by atoms with Gasteiger partial charge in [-0.2, -0.15) is 13.2 Å². The average molecular weight is 269 g/mol. The summed E-state index contributed by atoms with van der Waals surface area (Å²) in [5.74, 6) is 0. The summed E-state index contributed by atoms with van der Waals surface area (Å²) in [6, 6.07) is 7.52. The van der Waals surface area contributed by atoms with Crippen LogP contribution in [0.5, 0.6) is 0 Å². The zero-order valence-electron chi connectivity index (χ0n) is 9.66. The Morgan fingerprint density at radius 2 is 1.74 bits per heavy atom. The largest absolute Gasteiger partial charge is 0.417 e. The fourth-order valence-corrected chi connectivity index (χ4v) is 1.78. The molecule has 19 heavy (non-hydrogen) atoms. The molecule has 0 aliphatic carbocycles. The molecule has 0 spiro atoms. The van der Waals surface area contributed by atoms with Crippen molar-refractivity contribution in [3.63, 3.8) is 0 Å². The maximum Gasteiger partial charge on any atom is 0.417 e. The SMILES string of the molecule is O=c1[nH]c(CO)ccc1-c1ccccc1C(F)(F)F. The van der Waals surface area contributed by atoms with Gasteiger partial charge in [0, 0.05) is 11.3 Å². The van der Waals surface area contributed by atoms with Crippen LogP contribution in [0.15, 0.2) is 41.2 Å². The van der Waals surface area contributed by atoms with Gasteiger partial charge in [0.05, 0.1) is 12.2 Å². The third-order valence-corrected chi connectivity index (χ3v) is 2.66. The molecule has 0 fully saturated rings. The molecule has 0 saturated heterocycles. The molecule has 0 aliphatic heterocycles. The predicted molar refractivity (Wildman–Crippen MR) is 63.4 cm³/mol. The van der Waals surface area contributed by atoms with Gasteiger partial charge < -0.3 is 10.1 Å². The molecule has 3 nitrogen and oxygen atoms in total. The topological polar surface area (TPSA) is 53.1 Å². The van der Waals surface area contributed by atoms with E-state index in [1.165, 1.54) is 30.3 Å². The number of benzene rings is 1. The number of rotatable bonds is 2. The zero-order chi connectivity index (χ0) is 14.0. The molecular formula is C13H10F3NO2. The van der Waals surface area contributed by atoms with Crippen LogP contribution in [-0.2, 0) is 12.8 Å². The monoisotopic (exact) mass is 269 g/mol. The Morgan fingerprint density at radius 3 is 2.32 bits per heavy atom. The quantitative estimate of drug-likeness (QED) is 0.880. The zero-order valence-corrected chi connectivity index (χ0v) is 9.66. The van der Waals surface area contributed by atoms with Gasteiger partial charge in [-0.15, -0.1) is 0 Å². The minimum atomic E-state index is -4.53. The minimum Gasteiger partial charge on any atom is -0.390 e. The molecule has 6 heteroatoms. The second-order valence-corrected chi connectivity index (χ2v) is 3.93. The predicted octanol–water partition coefficient (Wildman–Crippen LogP) is 2.55. The van der Waals surface area contributed by atoms with Crippen molar-refractivity contribution in [3.8, 4) is 11.1 Å². The van der Waals surface area contributed by atoms with Crippen LogP contribution >= 0.6 is 0 Å². The van der Waals surface area contributed by atoms with E-state index in [0.717, 1.165) is 6.07 Å². The summed E-state index contributed by atoms with van der Waals surface area (Å²) in [6.07, 6.45) is -4.53. The van der Waals surface area contributed by atoms with Gasteiger partial charge in [0.2, 0.25) is 0 Å². The van der Waals surface area contributed by atoms with Crippen LogP contribution in [0.4, 0.5) is 13.2 Å². The van der Waals surface area contributed by atoms with Crippen LogP contribution in [0, 0.1) is 0 Å². The van der Waals surface area contributed by atoms with E-state index in [2.05, 4.69) is 4.98 Å². The third kappa shape index (κ3) is 2.68. The average Bonchev–Trinajstić information content (AvgIpc) is 2.37. The standard InChI is InChI=1S/C13H10F3NO2/c14-13(15,16)11-4-2-1-3-9(11)10-6-5-8(7-18)17-12(10)19/h1-6,18H,7H2,(H,17,19). The highest BCUT2D eigenvalue weighted by molar-refractivity contribution is 5.67. The highest BCUT2D eigenvalue weighted by Gasteiger charge is 2.33. The molecule has 0 saturated carbocycles. The molecule has 1 aromatic heterocycles. The van der Waals surface area contributed by atoms with Gasteiger partial charge in [-0.05, 0) is 23.8 Å². The number of aliphatic hydroxyl groups is 1. The number of aromatic nitrogens is 1. The van der Waals surface area contributed by atoms with E-state index in [1.807, 2.05) is 0 Å². The lowest BCUT2D eigenvalue weighted by Crippen LogP contribution is -2.14. The summed E-state index contributed by atoms with van der Waals surface area (Å²) in [7, 11) is 0. The van der Waals surface area contributed by atoms with E-state index >= 15 is 0 Å². The van der Waals surface area contributed by atoms with Gasteiger partial charge in [-0.1, -0.05) is 18.2 Å². The Bertz CT molecular complexity index is 647. The maximum absolute atomic E-state index is 12.9. The van der Waals surface area contributed by atoms with Gasteiger partial charge in [0.15, 0.2) is 0 Å². The van der Waals surface area contributed by atoms with Crippen molar-refractivity contribution in [2.75, 3.05) is 0 Å².